The summed E-state index contributed by atoms with van der Waals surface area (Å²) < 4.78 is 12.2. The summed E-state index contributed by atoms with van der Waals surface area (Å²) in [4.78, 5) is 24.0. The average Bonchev–Trinajstić information content (AvgIpc) is 2.79. The van der Waals surface area contributed by atoms with Gasteiger partial charge in [0.1, 0.15) is 12.3 Å². The van der Waals surface area contributed by atoms with Crippen LogP contribution in [0.25, 0.3) is 6.08 Å². The molecule has 0 heterocycles. The quantitative estimate of drug-likeness (QED) is 0.384. The Morgan fingerprint density at radius 2 is 1.78 bits per heavy atom. The van der Waals surface area contributed by atoms with E-state index in [4.69, 9.17) is 21.1 Å². The number of carboxylic acids is 1. The number of hydrogen-bond acceptors (Lipinski definition) is 4. The molecule has 0 aromatic heterocycles. The molecule has 0 saturated carbocycles. The van der Waals surface area contributed by atoms with Crippen LogP contribution in [0, 0.1) is 0 Å². The fourth-order valence-corrected chi connectivity index (χ4v) is 3.34. The fraction of sp³-hybridized carbons (Fsp3) is 0.0833. The van der Waals surface area contributed by atoms with Crippen LogP contribution < -0.4 is 14.8 Å². The van der Waals surface area contributed by atoms with E-state index in [1.807, 2.05) is 24.3 Å². The second kappa shape index (κ2) is 10.8. The van der Waals surface area contributed by atoms with Crippen LogP contribution in [0.2, 0.25) is 5.02 Å². The largest absolute Gasteiger partial charge is 0.493 e. The number of ether oxygens (including phenoxy) is 2. The highest BCUT2D eigenvalue weighted by molar-refractivity contribution is 9.10. The van der Waals surface area contributed by atoms with E-state index >= 15 is 0 Å². The smallest absolute Gasteiger partial charge is 0.352 e. The molecule has 0 radical (unpaired) electrons. The lowest BCUT2D eigenvalue weighted by molar-refractivity contribution is -0.132. The zero-order valence-electron chi connectivity index (χ0n) is 17.0. The second-order valence-electron chi connectivity index (χ2n) is 6.63. The van der Waals surface area contributed by atoms with Crippen LogP contribution in [-0.2, 0) is 11.4 Å². The first kappa shape index (κ1) is 23.4. The number of benzene rings is 3. The molecular formula is C24H19BrClNO5. The minimum Gasteiger partial charge on any atom is -0.493 e. The van der Waals surface area contributed by atoms with Gasteiger partial charge in [-0.2, -0.15) is 0 Å². The van der Waals surface area contributed by atoms with E-state index in [2.05, 4.69) is 21.2 Å². The summed E-state index contributed by atoms with van der Waals surface area (Å²) in [6.07, 6.45) is 1.30. The Bertz CT molecular complexity index is 1150. The maximum Gasteiger partial charge on any atom is 0.352 e. The molecule has 2 N–H and O–H groups in total. The Morgan fingerprint density at radius 1 is 1.09 bits per heavy atom. The summed E-state index contributed by atoms with van der Waals surface area (Å²) >= 11 is 9.78. The number of hydrogen-bond donors (Lipinski definition) is 2. The van der Waals surface area contributed by atoms with Crippen LogP contribution in [0.4, 0.5) is 0 Å². The summed E-state index contributed by atoms with van der Waals surface area (Å²) in [5.74, 6) is -1.16. The summed E-state index contributed by atoms with van der Waals surface area (Å²) in [6, 6.07) is 19.1. The van der Waals surface area contributed by atoms with Gasteiger partial charge >= 0.3 is 5.97 Å². The Balaban J connectivity index is 1.83. The average molecular weight is 517 g/mol. The fourth-order valence-electron chi connectivity index (χ4n) is 2.80. The molecule has 1 amide bonds. The van der Waals surface area contributed by atoms with E-state index in [1.54, 1.807) is 42.5 Å². The molecule has 164 valence electrons. The van der Waals surface area contributed by atoms with Crippen LogP contribution >= 0.6 is 27.5 Å². The van der Waals surface area contributed by atoms with Crippen molar-refractivity contribution in [2.45, 2.75) is 6.61 Å². The first-order valence-corrected chi connectivity index (χ1v) is 10.6. The van der Waals surface area contributed by atoms with Crippen LogP contribution in [-0.4, -0.2) is 24.1 Å². The predicted octanol–water partition coefficient (Wildman–Crippen LogP) is 5.55. The van der Waals surface area contributed by atoms with Crippen molar-refractivity contribution in [3.63, 3.8) is 0 Å². The number of amides is 1. The van der Waals surface area contributed by atoms with E-state index in [9.17, 15) is 14.7 Å². The van der Waals surface area contributed by atoms with Gasteiger partial charge in [-0.3, -0.25) is 4.79 Å². The van der Waals surface area contributed by atoms with Gasteiger partial charge in [0, 0.05) is 10.0 Å². The van der Waals surface area contributed by atoms with Crippen molar-refractivity contribution in [2.24, 2.45) is 0 Å². The first-order chi connectivity index (χ1) is 15.4. The van der Waals surface area contributed by atoms with Gasteiger partial charge in [-0.15, -0.1) is 0 Å². The molecule has 3 aromatic rings. The van der Waals surface area contributed by atoms with Crippen LogP contribution in [0.5, 0.6) is 11.5 Å². The third kappa shape index (κ3) is 6.12. The van der Waals surface area contributed by atoms with Crippen molar-refractivity contribution in [3.8, 4) is 11.5 Å². The summed E-state index contributed by atoms with van der Waals surface area (Å²) in [5.41, 5.74) is 1.40. The molecule has 3 rings (SSSR count). The Labute approximate surface area is 198 Å². The van der Waals surface area contributed by atoms with Gasteiger partial charge in [0.15, 0.2) is 11.5 Å². The number of rotatable bonds is 8. The minimum atomic E-state index is -1.29. The van der Waals surface area contributed by atoms with Crippen LogP contribution in [0.3, 0.4) is 0 Å². The van der Waals surface area contributed by atoms with Gasteiger partial charge in [-0.25, -0.2) is 4.79 Å². The minimum absolute atomic E-state index is 0.242. The molecule has 0 fully saturated rings. The standard InChI is InChI=1S/C24H19BrClNO5/c1-31-21-13-16(11-19(26)22(21)32-14-15-7-9-18(25)10-8-15)12-20(24(29)30)27-23(28)17-5-3-2-4-6-17/h2-13H,14H2,1H3,(H,27,28)(H,29,30). The SMILES string of the molecule is COc1cc(C=C(NC(=O)c2ccccc2)C(=O)O)cc(Cl)c1OCc1ccc(Br)cc1. The molecule has 3 aromatic carbocycles. The lowest BCUT2D eigenvalue weighted by Gasteiger charge is -2.14. The van der Waals surface area contributed by atoms with E-state index in [1.165, 1.54) is 13.2 Å². The number of carbonyl (C=O) groups is 2. The van der Waals surface area contributed by atoms with Crippen LogP contribution in [0.15, 0.2) is 76.9 Å². The third-order valence-corrected chi connectivity index (χ3v) is 5.18. The van der Waals surface area contributed by atoms with Crippen LogP contribution in [0.1, 0.15) is 21.5 Å². The normalized spacial score (nSPS) is 11.0. The maximum absolute atomic E-state index is 12.3. The number of methoxy groups -OCH3 is 1. The van der Waals surface area contributed by atoms with Crippen molar-refractivity contribution in [2.75, 3.05) is 7.11 Å². The zero-order chi connectivity index (χ0) is 23.1. The molecule has 0 aliphatic heterocycles. The van der Waals surface area contributed by atoms with Gasteiger partial charge in [-0.05, 0) is 53.6 Å². The molecule has 32 heavy (non-hydrogen) atoms. The number of aliphatic carboxylic acids is 1. The Hall–Kier alpha value is -3.29. The Kier molecular flexibility index (Phi) is 7.92. The third-order valence-electron chi connectivity index (χ3n) is 4.37. The highest BCUT2D eigenvalue weighted by Gasteiger charge is 2.16. The molecule has 0 unspecified atom stereocenters. The molecule has 0 spiro atoms. The lowest BCUT2D eigenvalue weighted by Crippen LogP contribution is -2.27. The predicted molar refractivity (Wildman–Crippen MR) is 126 cm³/mol. The first-order valence-electron chi connectivity index (χ1n) is 9.43. The van der Waals surface area contributed by atoms with Crippen molar-refractivity contribution >= 4 is 45.5 Å². The van der Waals surface area contributed by atoms with Crippen molar-refractivity contribution in [1.82, 2.24) is 5.32 Å². The molecule has 8 heteroatoms. The molecule has 0 aliphatic rings. The van der Waals surface area contributed by atoms with E-state index in [0.29, 0.717) is 22.6 Å². The summed E-state index contributed by atoms with van der Waals surface area (Å²) in [5, 5.41) is 12.2. The molecule has 0 aliphatic carbocycles. The van der Waals surface area contributed by atoms with E-state index in [-0.39, 0.29) is 17.3 Å². The number of nitrogens with one attached hydrogen (secondary N) is 1. The second-order valence-corrected chi connectivity index (χ2v) is 7.96. The molecular weight excluding hydrogens is 498 g/mol. The molecule has 0 atom stereocenters. The highest BCUT2D eigenvalue weighted by atomic mass is 79.9. The summed E-state index contributed by atoms with van der Waals surface area (Å²) in [7, 11) is 1.46. The Morgan fingerprint density at radius 3 is 2.41 bits per heavy atom. The van der Waals surface area contributed by atoms with Gasteiger partial charge in [0.2, 0.25) is 0 Å². The van der Waals surface area contributed by atoms with Crippen molar-refractivity contribution in [1.29, 1.82) is 0 Å². The van der Waals surface area contributed by atoms with E-state index in [0.717, 1.165) is 10.0 Å². The molecule has 0 bridgehead atoms. The number of carboxylic acid groups (broad SMARTS) is 1. The van der Waals surface area contributed by atoms with E-state index < -0.39 is 11.9 Å². The molecule has 0 saturated heterocycles. The summed E-state index contributed by atoms with van der Waals surface area (Å²) in [6.45, 7) is 0.270. The maximum atomic E-state index is 12.3. The van der Waals surface area contributed by atoms with Gasteiger partial charge in [0.05, 0.1) is 12.1 Å². The van der Waals surface area contributed by atoms with Gasteiger partial charge in [0.25, 0.3) is 5.91 Å². The lowest BCUT2D eigenvalue weighted by atomic mass is 10.1. The monoisotopic (exact) mass is 515 g/mol. The number of halogens is 2. The highest BCUT2D eigenvalue weighted by Crippen LogP contribution is 2.37. The molecule has 6 nitrogen and oxygen atoms in total. The number of carbonyl (C=O) groups excluding carboxylic acids is 1. The van der Waals surface area contributed by atoms with Gasteiger partial charge in [-0.1, -0.05) is 57.9 Å². The topological polar surface area (TPSA) is 84.9 Å². The van der Waals surface area contributed by atoms with Crippen molar-refractivity contribution < 1.29 is 24.2 Å². The zero-order valence-corrected chi connectivity index (χ0v) is 19.3. The van der Waals surface area contributed by atoms with Crippen molar-refractivity contribution in [3.05, 3.63) is 98.6 Å². The van der Waals surface area contributed by atoms with Gasteiger partial charge < -0.3 is 19.9 Å².